The zero-order chi connectivity index (χ0) is 8.97. The molecule has 1 rings (SSSR count). The summed E-state index contributed by atoms with van der Waals surface area (Å²) in [7, 11) is 0. The van der Waals surface area contributed by atoms with E-state index in [0.29, 0.717) is 5.57 Å². The maximum atomic E-state index is 10.4. The molecule has 64 valence electrons. The maximum Gasteiger partial charge on any atom is 0.145 e. The highest BCUT2D eigenvalue weighted by Gasteiger charge is 2.15. The fourth-order valence-electron chi connectivity index (χ4n) is 1.39. The number of allylic oxidation sites excluding steroid dienone is 3. The van der Waals surface area contributed by atoms with Gasteiger partial charge in [-0.25, -0.2) is 0 Å². The van der Waals surface area contributed by atoms with Gasteiger partial charge in [0, 0.05) is 0 Å². The van der Waals surface area contributed by atoms with Crippen molar-refractivity contribution in [1.82, 2.24) is 0 Å². The Labute approximate surface area is 72.0 Å². The third-order valence-corrected chi connectivity index (χ3v) is 2.27. The van der Waals surface area contributed by atoms with Crippen LogP contribution in [0.25, 0.3) is 0 Å². The van der Waals surface area contributed by atoms with E-state index in [0.717, 1.165) is 37.4 Å². The van der Waals surface area contributed by atoms with Crippen LogP contribution in [-0.2, 0) is 9.59 Å². The molecule has 0 radical (unpaired) electrons. The van der Waals surface area contributed by atoms with Crippen LogP contribution >= 0.6 is 0 Å². The van der Waals surface area contributed by atoms with Crippen molar-refractivity contribution >= 4 is 12.6 Å². The van der Waals surface area contributed by atoms with Gasteiger partial charge in [-0.3, -0.25) is 9.59 Å². The average Bonchev–Trinajstić information content (AvgIpc) is 2.17. The zero-order valence-electron chi connectivity index (χ0n) is 6.95. The Bertz CT molecular complexity index is 238. The number of carbonyl (C=O) groups excluding carboxylic acids is 2. The summed E-state index contributed by atoms with van der Waals surface area (Å²) in [6.45, 7) is 3.66. The molecule has 2 nitrogen and oxygen atoms in total. The maximum absolute atomic E-state index is 10.4. The van der Waals surface area contributed by atoms with E-state index < -0.39 is 0 Å². The molecule has 1 aliphatic carbocycles. The van der Waals surface area contributed by atoms with Gasteiger partial charge in [-0.05, 0) is 36.3 Å². The lowest BCUT2D eigenvalue weighted by atomic mass is 9.86. The first kappa shape index (κ1) is 8.91. The summed E-state index contributed by atoms with van der Waals surface area (Å²) >= 11 is 0. The Morgan fingerprint density at radius 1 is 1.58 bits per heavy atom. The lowest BCUT2D eigenvalue weighted by molar-refractivity contribution is -0.105. The molecule has 0 amide bonds. The second-order valence-electron chi connectivity index (χ2n) is 3.06. The van der Waals surface area contributed by atoms with E-state index in [1.54, 1.807) is 0 Å². The number of hydrogen-bond acceptors (Lipinski definition) is 2. The van der Waals surface area contributed by atoms with Gasteiger partial charge in [-0.2, -0.15) is 0 Å². The summed E-state index contributed by atoms with van der Waals surface area (Å²) in [4.78, 5) is 20.7. The molecule has 1 aliphatic rings. The van der Waals surface area contributed by atoms with E-state index in [1.165, 1.54) is 0 Å². The molecule has 0 aromatic carbocycles. The van der Waals surface area contributed by atoms with Crippen LogP contribution in [0, 0.1) is 5.92 Å². The van der Waals surface area contributed by atoms with Crippen molar-refractivity contribution in [1.29, 1.82) is 0 Å². The molecule has 2 heteroatoms. The van der Waals surface area contributed by atoms with Crippen LogP contribution in [0.4, 0.5) is 0 Å². The first-order chi connectivity index (χ1) is 5.77. The van der Waals surface area contributed by atoms with Crippen molar-refractivity contribution in [3.63, 3.8) is 0 Å². The highest BCUT2D eigenvalue weighted by atomic mass is 16.1. The molecule has 1 atom stereocenters. The van der Waals surface area contributed by atoms with Crippen molar-refractivity contribution < 1.29 is 9.59 Å². The molecule has 0 aromatic heterocycles. The second-order valence-corrected chi connectivity index (χ2v) is 3.06. The van der Waals surface area contributed by atoms with Gasteiger partial charge in [0.2, 0.25) is 0 Å². The van der Waals surface area contributed by atoms with Crippen molar-refractivity contribution in [2.75, 3.05) is 0 Å². The fraction of sp³-hybridized carbons (Fsp3) is 0.400. The molecule has 0 heterocycles. The van der Waals surface area contributed by atoms with Crippen molar-refractivity contribution in [2.45, 2.75) is 19.3 Å². The van der Waals surface area contributed by atoms with Crippen LogP contribution in [0.5, 0.6) is 0 Å². The van der Waals surface area contributed by atoms with E-state index >= 15 is 0 Å². The van der Waals surface area contributed by atoms with E-state index in [-0.39, 0.29) is 5.92 Å². The molecule has 0 fully saturated rings. The monoisotopic (exact) mass is 164 g/mol. The van der Waals surface area contributed by atoms with Gasteiger partial charge in [-0.15, -0.1) is 0 Å². The topological polar surface area (TPSA) is 34.1 Å². The Morgan fingerprint density at radius 2 is 2.33 bits per heavy atom. The summed E-state index contributed by atoms with van der Waals surface area (Å²) in [5, 5.41) is 0. The molecular formula is C10H12O2. The van der Waals surface area contributed by atoms with Gasteiger partial charge in [0.1, 0.15) is 12.6 Å². The van der Waals surface area contributed by atoms with Crippen molar-refractivity contribution in [3.8, 4) is 0 Å². The summed E-state index contributed by atoms with van der Waals surface area (Å²) in [5.74, 6) is 0.256. The number of hydrogen-bond donors (Lipinski definition) is 0. The summed E-state index contributed by atoms with van der Waals surface area (Å²) in [6.07, 6.45) is 6.04. The number of rotatable bonds is 3. The minimum Gasteiger partial charge on any atom is -0.298 e. The quantitative estimate of drug-likeness (QED) is 0.469. The molecule has 12 heavy (non-hydrogen) atoms. The van der Waals surface area contributed by atoms with Gasteiger partial charge in [0.05, 0.1) is 0 Å². The SMILES string of the molecule is C=C(C=O)C1CC=C(C=O)CC1. The predicted octanol–water partition coefficient (Wildman–Crippen LogP) is 1.67. The Morgan fingerprint density at radius 3 is 2.75 bits per heavy atom. The minimum atomic E-state index is 0.256. The second kappa shape index (κ2) is 4.00. The van der Waals surface area contributed by atoms with Crippen LogP contribution in [0.15, 0.2) is 23.8 Å². The third kappa shape index (κ3) is 1.91. The summed E-state index contributed by atoms with van der Waals surface area (Å²) in [6, 6.07) is 0. The molecule has 0 aromatic rings. The lowest BCUT2D eigenvalue weighted by Crippen LogP contribution is -2.09. The first-order valence-electron chi connectivity index (χ1n) is 4.06. The number of aldehydes is 2. The summed E-state index contributed by atoms with van der Waals surface area (Å²) < 4.78 is 0. The normalized spacial score (nSPS) is 22.7. The first-order valence-corrected chi connectivity index (χ1v) is 4.06. The molecule has 0 spiro atoms. The zero-order valence-corrected chi connectivity index (χ0v) is 6.95. The van der Waals surface area contributed by atoms with E-state index in [9.17, 15) is 9.59 Å². The van der Waals surface area contributed by atoms with E-state index in [1.807, 2.05) is 6.08 Å². The highest BCUT2D eigenvalue weighted by Crippen LogP contribution is 2.26. The molecular weight excluding hydrogens is 152 g/mol. The Hall–Kier alpha value is -1.18. The fourth-order valence-corrected chi connectivity index (χ4v) is 1.39. The largest absolute Gasteiger partial charge is 0.298 e. The molecule has 0 N–H and O–H groups in total. The Kier molecular flexibility index (Phi) is 2.97. The molecule has 0 saturated heterocycles. The van der Waals surface area contributed by atoms with Gasteiger partial charge < -0.3 is 0 Å². The van der Waals surface area contributed by atoms with Crippen molar-refractivity contribution in [2.24, 2.45) is 5.92 Å². The smallest absolute Gasteiger partial charge is 0.145 e. The predicted molar refractivity (Wildman–Crippen MR) is 46.7 cm³/mol. The molecule has 0 saturated carbocycles. The van der Waals surface area contributed by atoms with Gasteiger partial charge >= 0.3 is 0 Å². The van der Waals surface area contributed by atoms with Crippen LogP contribution in [-0.4, -0.2) is 12.6 Å². The van der Waals surface area contributed by atoms with Crippen LogP contribution < -0.4 is 0 Å². The molecule has 0 bridgehead atoms. The standard InChI is InChI=1S/C10H12O2/c1-8(6-11)10-4-2-9(7-12)3-5-10/h2,6-7,10H,1,3-5H2. The average molecular weight is 164 g/mol. The van der Waals surface area contributed by atoms with E-state index in [4.69, 9.17) is 0 Å². The molecule has 1 unspecified atom stereocenters. The number of carbonyl (C=O) groups is 2. The van der Waals surface area contributed by atoms with Crippen LogP contribution in [0.1, 0.15) is 19.3 Å². The van der Waals surface area contributed by atoms with Crippen LogP contribution in [0.2, 0.25) is 0 Å². The minimum absolute atomic E-state index is 0.256. The lowest BCUT2D eigenvalue weighted by Gasteiger charge is -2.18. The third-order valence-electron chi connectivity index (χ3n) is 2.27. The van der Waals surface area contributed by atoms with E-state index in [2.05, 4.69) is 6.58 Å². The van der Waals surface area contributed by atoms with Gasteiger partial charge in [0.15, 0.2) is 0 Å². The van der Waals surface area contributed by atoms with Gasteiger partial charge in [0.25, 0.3) is 0 Å². The Balaban J connectivity index is 2.56. The van der Waals surface area contributed by atoms with Crippen LogP contribution in [0.3, 0.4) is 0 Å². The summed E-state index contributed by atoms with van der Waals surface area (Å²) in [5.41, 5.74) is 1.50. The highest BCUT2D eigenvalue weighted by molar-refractivity contribution is 5.75. The molecule has 0 aliphatic heterocycles. The van der Waals surface area contributed by atoms with Crippen molar-refractivity contribution in [3.05, 3.63) is 23.8 Å². The van der Waals surface area contributed by atoms with Gasteiger partial charge in [-0.1, -0.05) is 12.7 Å².